The number of benzene rings is 1. The highest BCUT2D eigenvalue weighted by Gasteiger charge is 2.20. The monoisotopic (exact) mass is 423 g/mol. The van der Waals surface area contributed by atoms with Gasteiger partial charge in [0, 0.05) is 52.5 Å². The van der Waals surface area contributed by atoms with Crippen LogP contribution in [0.1, 0.15) is 27.7 Å². The van der Waals surface area contributed by atoms with Gasteiger partial charge in [0.05, 0.1) is 19.4 Å². The lowest BCUT2D eigenvalue weighted by molar-refractivity contribution is 0.0942. The molecular weight excluding hydrogens is 394 g/mol. The number of hydrogen-bond acceptors (Lipinski definition) is 7. The highest BCUT2D eigenvalue weighted by molar-refractivity contribution is 5.91. The summed E-state index contributed by atoms with van der Waals surface area (Å²) in [6.07, 6.45) is 3.00. The van der Waals surface area contributed by atoms with E-state index in [1.54, 1.807) is 12.3 Å². The number of oxazole rings is 1. The topological polar surface area (TPSA) is 78.0 Å². The predicted octanol–water partition coefficient (Wildman–Crippen LogP) is 2.58. The third-order valence-corrected chi connectivity index (χ3v) is 5.47. The molecule has 0 bridgehead atoms. The van der Waals surface area contributed by atoms with E-state index in [-0.39, 0.29) is 5.91 Å². The normalized spacial score (nSPS) is 15.2. The average Bonchev–Trinajstić information content (AvgIpc) is 3.46. The molecular formula is C23H29N5O3. The van der Waals surface area contributed by atoms with Crippen molar-refractivity contribution in [2.24, 2.45) is 0 Å². The zero-order valence-electron chi connectivity index (χ0n) is 18.1. The van der Waals surface area contributed by atoms with Gasteiger partial charge < -0.3 is 19.1 Å². The molecule has 0 unspecified atom stereocenters. The molecule has 0 saturated carbocycles. The van der Waals surface area contributed by atoms with Gasteiger partial charge in [0.15, 0.2) is 5.69 Å². The quantitative estimate of drug-likeness (QED) is 0.597. The lowest BCUT2D eigenvalue weighted by Crippen LogP contribution is -2.45. The molecule has 8 nitrogen and oxygen atoms in total. The number of nitrogens with one attached hydrogen (secondary N) is 1. The number of carbonyl (C=O) groups excluding carboxylic acids is 1. The van der Waals surface area contributed by atoms with E-state index < -0.39 is 0 Å². The second-order valence-corrected chi connectivity index (χ2v) is 8.00. The van der Waals surface area contributed by atoms with Gasteiger partial charge in [-0.25, -0.2) is 4.98 Å². The third kappa shape index (κ3) is 5.74. The van der Waals surface area contributed by atoms with E-state index in [0.29, 0.717) is 30.4 Å². The van der Waals surface area contributed by atoms with Crippen LogP contribution in [0.25, 0.3) is 0 Å². The van der Waals surface area contributed by atoms with Crippen molar-refractivity contribution < 1.29 is 13.6 Å². The molecule has 2 aromatic heterocycles. The van der Waals surface area contributed by atoms with Gasteiger partial charge in [0.1, 0.15) is 12.0 Å². The minimum atomic E-state index is -0.267. The predicted molar refractivity (Wildman–Crippen MR) is 118 cm³/mol. The minimum absolute atomic E-state index is 0.267. The van der Waals surface area contributed by atoms with Crippen molar-refractivity contribution in [2.45, 2.75) is 19.6 Å². The zero-order valence-corrected chi connectivity index (χ0v) is 18.1. The molecule has 1 aromatic carbocycles. The summed E-state index contributed by atoms with van der Waals surface area (Å²) in [4.78, 5) is 23.4. The maximum Gasteiger partial charge on any atom is 0.273 e. The molecule has 0 aliphatic carbocycles. The number of rotatable bonds is 8. The molecule has 0 radical (unpaired) electrons. The van der Waals surface area contributed by atoms with Gasteiger partial charge in [-0.1, -0.05) is 12.1 Å². The van der Waals surface area contributed by atoms with Crippen molar-refractivity contribution in [3.63, 3.8) is 0 Å². The van der Waals surface area contributed by atoms with Crippen LogP contribution in [0.5, 0.6) is 0 Å². The summed E-state index contributed by atoms with van der Waals surface area (Å²) in [6.45, 7) is 5.76. The second-order valence-electron chi connectivity index (χ2n) is 8.00. The van der Waals surface area contributed by atoms with Gasteiger partial charge in [-0.05, 0) is 29.8 Å². The van der Waals surface area contributed by atoms with Gasteiger partial charge in [0.25, 0.3) is 5.91 Å². The average molecular weight is 424 g/mol. The molecule has 4 rings (SSSR count). The highest BCUT2D eigenvalue weighted by atomic mass is 16.3. The Morgan fingerprint density at radius 2 is 1.74 bits per heavy atom. The Kier molecular flexibility index (Phi) is 6.69. The molecule has 0 atom stereocenters. The Bertz CT molecular complexity index is 958. The summed E-state index contributed by atoms with van der Waals surface area (Å²) < 4.78 is 10.7. The van der Waals surface area contributed by atoms with Crippen LogP contribution in [0.4, 0.5) is 5.69 Å². The standard InChI is InChI=1S/C23H29N5O3/c1-26(2)19-7-5-18(6-8-19)15-27-9-11-28(12-10-27)16-22-25-21(17-31-22)23(29)24-14-20-4-3-13-30-20/h3-8,13,17H,9-12,14-16H2,1-2H3,(H,24,29). The molecule has 0 spiro atoms. The van der Waals surface area contributed by atoms with Crippen LogP contribution in [-0.2, 0) is 19.6 Å². The Morgan fingerprint density at radius 1 is 1.03 bits per heavy atom. The van der Waals surface area contributed by atoms with Crippen molar-refractivity contribution in [1.29, 1.82) is 0 Å². The van der Waals surface area contributed by atoms with Gasteiger partial charge in [-0.2, -0.15) is 0 Å². The summed E-state index contributed by atoms with van der Waals surface area (Å²) >= 11 is 0. The van der Waals surface area contributed by atoms with E-state index >= 15 is 0 Å². The van der Waals surface area contributed by atoms with Crippen molar-refractivity contribution in [1.82, 2.24) is 20.1 Å². The van der Waals surface area contributed by atoms with Gasteiger partial charge in [0.2, 0.25) is 5.89 Å². The summed E-state index contributed by atoms with van der Waals surface area (Å²) in [5, 5.41) is 2.78. The van der Waals surface area contributed by atoms with Gasteiger partial charge >= 0.3 is 0 Å². The smallest absolute Gasteiger partial charge is 0.273 e. The Morgan fingerprint density at radius 3 is 2.39 bits per heavy atom. The maximum absolute atomic E-state index is 12.2. The number of furan rings is 1. The first kappa shape index (κ1) is 21.1. The first-order valence-electron chi connectivity index (χ1n) is 10.5. The van der Waals surface area contributed by atoms with E-state index in [4.69, 9.17) is 8.83 Å². The van der Waals surface area contributed by atoms with Crippen molar-refractivity contribution in [3.05, 3.63) is 71.8 Å². The first-order valence-corrected chi connectivity index (χ1v) is 10.5. The Labute approximate surface area is 182 Å². The number of piperazine rings is 1. The Balaban J connectivity index is 1.21. The summed E-state index contributed by atoms with van der Waals surface area (Å²) in [5.41, 5.74) is 2.84. The highest BCUT2D eigenvalue weighted by Crippen LogP contribution is 2.15. The molecule has 3 heterocycles. The molecule has 1 aliphatic rings. The SMILES string of the molecule is CN(C)c1ccc(CN2CCN(Cc3nc(C(=O)NCc4ccco4)co3)CC2)cc1. The van der Waals surface area contributed by atoms with E-state index in [2.05, 4.69) is 63.4 Å². The molecule has 1 fully saturated rings. The van der Waals surface area contributed by atoms with E-state index in [1.807, 2.05) is 6.07 Å². The number of aromatic nitrogens is 1. The largest absolute Gasteiger partial charge is 0.467 e. The molecule has 1 amide bonds. The maximum atomic E-state index is 12.2. The molecule has 164 valence electrons. The lowest BCUT2D eigenvalue weighted by atomic mass is 10.1. The van der Waals surface area contributed by atoms with Crippen LogP contribution in [-0.4, -0.2) is 61.0 Å². The van der Waals surface area contributed by atoms with Crippen LogP contribution in [0.15, 0.2) is 57.8 Å². The second kappa shape index (κ2) is 9.80. The fraction of sp³-hybridized carbons (Fsp3) is 0.391. The third-order valence-electron chi connectivity index (χ3n) is 5.47. The van der Waals surface area contributed by atoms with Crippen molar-refractivity contribution in [3.8, 4) is 0 Å². The van der Waals surface area contributed by atoms with Gasteiger partial charge in [-0.15, -0.1) is 0 Å². The summed E-state index contributed by atoms with van der Waals surface area (Å²) in [6, 6.07) is 12.3. The van der Waals surface area contributed by atoms with E-state index in [1.165, 1.54) is 17.5 Å². The fourth-order valence-corrected chi connectivity index (χ4v) is 3.61. The lowest BCUT2D eigenvalue weighted by Gasteiger charge is -2.34. The first-order chi connectivity index (χ1) is 15.1. The van der Waals surface area contributed by atoms with Crippen LogP contribution >= 0.6 is 0 Å². The number of amides is 1. The molecule has 3 aromatic rings. The Hall–Kier alpha value is -3.10. The molecule has 1 saturated heterocycles. The minimum Gasteiger partial charge on any atom is -0.467 e. The van der Waals surface area contributed by atoms with Gasteiger partial charge in [-0.3, -0.25) is 14.6 Å². The fourth-order valence-electron chi connectivity index (χ4n) is 3.61. The number of carbonyl (C=O) groups is 1. The van der Waals surface area contributed by atoms with E-state index in [0.717, 1.165) is 32.7 Å². The molecule has 1 aliphatic heterocycles. The van der Waals surface area contributed by atoms with Crippen LogP contribution in [0.3, 0.4) is 0 Å². The molecule has 31 heavy (non-hydrogen) atoms. The number of anilines is 1. The van der Waals surface area contributed by atoms with Crippen molar-refractivity contribution in [2.75, 3.05) is 45.2 Å². The molecule has 1 N–H and O–H groups in total. The molecule has 8 heteroatoms. The number of nitrogens with zero attached hydrogens (tertiary/aromatic N) is 4. The zero-order chi connectivity index (χ0) is 21.6. The van der Waals surface area contributed by atoms with E-state index in [9.17, 15) is 4.79 Å². The summed E-state index contributed by atoms with van der Waals surface area (Å²) in [7, 11) is 4.11. The number of hydrogen-bond donors (Lipinski definition) is 1. The van der Waals surface area contributed by atoms with Crippen molar-refractivity contribution >= 4 is 11.6 Å². The van der Waals surface area contributed by atoms with Crippen LogP contribution in [0.2, 0.25) is 0 Å². The summed E-state index contributed by atoms with van der Waals surface area (Å²) in [5.74, 6) is 0.996. The van der Waals surface area contributed by atoms with Crippen LogP contribution in [0, 0.1) is 0 Å². The van der Waals surface area contributed by atoms with Crippen LogP contribution < -0.4 is 10.2 Å².